The van der Waals surface area contributed by atoms with Crippen LogP contribution >= 0.6 is 11.3 Å². The lowest BCUT2D eigenvalue weighted by Gasteiger charge is -2.35. The molecular formula is C48H48F3N3O7S. The van der Waals surface area contributed by atoms with Gasteiger partial charge in [0.2, 0.25) is 5.82 Å². The van der Waals surface area contributed by atoms with E-state index in [0.717, 1.165) is 82.8 Å². The molecule has 0 aliphatic heterocycles. The third kappa shape index (κ3) is 10.2. The van der Waals surface area contributed by atoms with E-state index in [4.69, 9.17) is 24.2 Å². The molecule has 0 amide bonds. The monoisotopic (exact) mass is 867 g/mol. The molecule has 14 heteroatoms. The number of carboxylic acids is 2. The van der Waals surface area contributed by atoms with Gasteiger partial charge in [-0.3, -0.25) is 0 Å². The van der Waals surface area contributed by atoms with E-state index < -0.39 is 24.7 Å². The highest BCUT2D eigenvalue weighted by atomic mass is 32.1. The number of carboxylic acid groups (broad SMARTS) is 2. The molecule has 0 unspecified atom stereocenters. The first-order chi connectivity index (χ1) is 29.6. The minimum Gasteiger partial charge on any atom is -0.496 e. The van der Waals surface area contributed by atoms with Crippen molar-refractivity contribution < 1.29 is 47.0 Å². The molecule has 0 bridgehead atoms. The van der Waals surface area contributed by atoms with Crippen LogP contribution in [0.25, 0.3) is 43.9 Å². The number of rotatable bonds is 11. The summed E-state index contributed by atoms with van der Waals surface area (Å²) in [5.74, 6) is 0.0899. The Kier molecular flexibility index (Phi) is 13.2. The Morgan fingerprint density at radius 2 is 1.21 bits per heavy atom. The van der Waals surface area contributed by atoms with Gasteiger partial charge >= 0.3 is 18.1 Å². The van der Waals surface area contributed by atoms with E-state index in [-0.39, 0.29) is 27.7 Å². The molecule has 6 aromatic rings. The fourth-order valence-electron chi connectivity index (χ4n) is 8.47. The zero-order valence-corrected chi connectivity index (χ0v) is 35.6. The number of nitrogens with zero attached hydrogens (tertiary/aromatic N) is 3. The average molecular weight is 868 g/mol. The lowest BCUT2D eigenvalue weighted by atomic mass is 9.70. The first-order valence-electron chi connectivity index (χ1n) is 20.7. The van der Waals surface area contributed by atoms with Gasteiger partial charge in [-0.2, -0.15) is 18.2 Å². The topological polar surface area (TPSA) is 145 Å². The SMILES string of the molecule is CC1(c2cc(-c3cnc(-c4ccc(C(=O)O)cc4)s3)ccc2OCC(F)(F)F)CCCCC1.COc1ccc(-c2noc(-c3ccc(C(=O)O)cc3)n2)cc1C1(C)CCCCC1. The van der Waals surface area contributed by atoms with Crippen LogP contribution in [0.15, 0.2) is 95.6 Å². The Balaban J connectivity index is 0.000000188. The number of methoxy groups -OCH3 is 1. The van der Waals surface area contributed by atoms with Crippen LogP contribution in [0.2, 0.25) is 0 Å². The first-order valence-corrected chi connectivity index (χ1v) is 21.5. The van der Waals surface area contributed by atoms with Crippen LogP contribution in [0.1, 0.15) is 110 Å². The van der Waals surface area contributed by atoms with E-state index in [1.54, 1.807) is 49.7 Å². The highest BCUT2D eigenvalue weighted by Gasteiger charge is 2.35. The van der Waals surface area contributed by atoms with E-state index in [2.05, 4.69) is 35.0 Å². The second-order valence-electron chi connectivity index (χ2n) is 16.5. The second-order valence-corrected chi connectivity index (χ2v) is 17.5. The van der Waals surface area contributed by atoms with Gasteiger partial charge in [-0.15, -0.1) is 11.3 Å². The van der Waals surface area contributed by atoms with Gasteiger partial charge in [-0.05, 0) is 115 Å². The van der Waals surface area contributed by atoms with Crippen molar-refractivity contribution in [2.45, 2.75) is 95.1 Å². The third-order valence-electron chi connectivity index (χ3n) is 12.0. The number of ether oxygens (including phenoxy) is 2. The highest BCUT2D eigenvalue weighted by Crippen LogP contribution is 2.46. The van der Waals surface area contributed by atoms with Gasteiger partial charge in [0.15, 0.2) is 6.61 Å². The summed E-state index contributed by atoms with van der Waals surface area (Å²) in [5, 5.41) is 23.0. The number of hydrogen-bond donors (Lipinski definition) is 2. The number of alkyl halides is 3. The van der Waals surface area contributed by atoms with Gasteiger partial charge in [0, 0.05) is 34.0 Å². The Bertz CT molecular complexity index is 2500. The predicted molar refractivity (Wildman–Crippen MR) is 231 cm³/mol. The standard InChI is InChI=1S/C25H24F3NO3S.C23H24N2O4/c1-24(11-3-2-4-12-24)19-13-18(9-10-20(19)32-15-25(26,27)28)21-14-29-22(33-21)16-5-7-17(8-6-16)23(30)31;1-23(12-4-3-5-13-23)18-14-17(10-11-19(18)28-2)20-24-21(29-25-20)15-6-8-16(9-7-15)22(26)27/h5-10,13-14H,2-4,11-12,15H2,1H3,(H,30,31);6-11,14H,3-5,12-13H2,1-2H3,(H,26,27). The molecule has 4 aromatic carbocycles. The van der Waals surface area contributed by atoms with Crippen molar-refractivity contribution >= 4 is 23.3 Å². The molecular weight excluding hydrogens is 820 g/mol. The van der Waals surface area contributed by atoms with Crippen molar-refractivity contribution in [1.82, 2.24) is 15.1 Å². The highest BCUT2D eigenvalue weighted by molar-refractivity contribution is 7.18. The largest absolute Gasteiger partial charge is 0.496 e. The molecule has 10 nitrogen and oxygen atoms in total. The Morgan fingerprint density at radius 1 is 0.710 bits per heavy atom. The van der Waals surface area contributed by atoms with Crippen LogP contribution in [0.5, 0.6) is 11.5 Å². The van der Waals surface area contributed by atoms with E-state index in [0.29, 0.717) is 17.3 Å². The molecule has 2 aliphatic rings. The van der Waals surface area contributed by atoms with Gasteiger partial charge < -0.3 is 24.2 Å². The summed E-state index contributed by atoms with van der Waals surface area (Å²) >= 11 is 1.45. The zero-order chi connectivity index (χ0) is 44.1. The number of hydrogen-bond acceptors (Lipinski definition) is 9. The molecule has 62 heavy (non-hydrogen) atoms. The van der Waals surface area contributed by atoms with Crippen molar-refractivity contribution in [3.8, 4) is 55.4 Å². The number of aromatic nitrogens is 3. The van der Waals surface area contributed by atoms with E-state index in [1.165, 1.54) is 60.4 Å². The fourth-order valence-corrected chi connectivity index (χ4v) is 9.39. The summed E-state index contributed by atoms with van der Waals surface area (Å²) in [6.45, 7) is 3.10. The Morgan fingerprint density at radius 3 is 1.76 bits per heavy atom. The van der Waals surface area contributed by atoms with E-state index >= 15 is 0 Å². The summed E-state index contributed by atoms with van der Waals surface area (Å²) in [6, 6.07) is 24.3. The zero-order valence-electron chi connectivity index (χ0n) is 34.8. The normalized spacial score (nSPS) is 15.8. The second kappa shape index (κ2) is 18.5. The van der Waals surface area contributed by atoms with E-state index in [9.17, 15) is 22.8 Å². The molecule has 324 valence electrons. The van der Waals surface area contributed by atoms with Crippen LogP contribution in [0, 0.1) is 0 Å². The Labute approximate surface area is 361 Å². The molecule has 0 radical (unpaired) electrons. The van der Waals surface area contributed by atoms with Gasteiger partial charge in [0.1, 0.15) is 16.5 Å². The van der Waals surface area contributed by atoms with Crippen molar-refractivity contribution in [1.29, 1.82) is 0 Å². The number of carbonyl (C=O) groups is 2. The molecule has 2 N–H and O–H groups in total. The predicted octanol–water partition coefficient (Wildman–Crippen LogP) is 12.7. The molecule has 0 spiro atoms. The Hall–Kier alpha value is -6.02. The average Bonchev–Trinajstić information content (AvgIpc) is 3.98. The van der Waals surface area contributed by atoms with Crippen molar-refractivity contribution in [2.75, 3.05) is 13.7 Å². The van der Waals surface area contributed by atoms with Crippen molar-refractivity contribution in [3.63, 3.8) is 0 Å². The van der Waals surface area contributed by atoms with Gasteiger partial charge in [0.25, 0.3) is 5.89 Å². The minimum atomic E-state index is -4.40. The number of halogens is 3. The van der Waals surface area contributed by atoms with Crippen LogP contribution in [-0.4, -0.2) is 57.2 Å². The maximum atomic E-state index is 12.8. The van der Waals surface area contributed by atoms with Gasteiger partial charge in [-0.1, -0.05) is 69.7 Å². The molecule has 0 atom stereocenters. The van der Waals surface area contributed by atoms with Crippen molar-refractivity contribution in [3.05, 3.63) is 113 Å². The molecule has 2 fully saturated rings. The smallest absolute Gasteiger partial charge is 0.422 e. The molecule has 2 aliphatic carbocycles. The van der Waals surface area contributed by atoms with Crippen LogP contribution in [0.4, 0.5) is 13.2 Å². The molecule has 2 saturated carbocycles. The summed E-state index contributed by atoms with van der Waals surface area (Å²) in [7, 11) is 1.71. The maximum Gasteiger partial charge on any atom is 0.422 e. The summed E-state index contributed by atoms with van der Waals surface area (Å²) in [4.78, 5) is 32.0. The first kappa shape index (κ1) is 44.0. The lowest BCUT2D eigenvalue weighted by Crippen LogP contribution is -2.27. The molecule has 8 rings (SSSR count). The van der Waals surface area contributed by atoms with Crippen molar-refractivity contribution in [2.24, 2.45) is 0 Å². The fraction of sp³-hybridized carbons (Fsp3) is 0.354. The van der Waals surface area contributed by atoms with Crippen LogP contribution < -0.4 is 9.47 Å². The lowest BCUT2D eigenvalue weighted by molar-refractivity contribution is -0.153. The van der Waals surface area contributed by atoms with Crippen LogP contribution in [0.3, 0.4) is 0 Å². The molecule has 0 saturated heterocycles. The summed E-state index contributed by atoms with van der Waals surface area (Å²) < 4.78 is 54.8. The maximum absolute atomic E-state index is 12.8. The summed E-state index contributed by atoms with van der Waals surface area (Å²) in [5.41, 5.74) is 5.51. The number of thiazole rings is 1. The number of aromatic carboxylic acids is 2. The van der Waals surface area contributed by atoms with Gasteiger partial charge in [-0.25, -0.2) is 14.6 Å². The van der Waals surface area contributed by atoms with E-state index in [1.807, 2.05) is 18.2 Å². The minimum absolute atomic E-state index is 0.0822. The molecule has 2 aromatic heterocycles. The number of benzene rings is 4. The quantitative estimate of drug-likeness (QED) is 0.129. The van der Waals surface area contributed by atoms with Crippen LogP contribution in [-0.2, 0) is 10.8 Å². The molecule has 2 heterocycles. The van der Waals surface area contributed by atoms with Gasteiger partial charge in [0.05, 0.1) is 23.1 Å². The summed E-state index contributed by atoms with van der Waals surface area (Å²) in [6.07, 6.45) is 8.37. The third-order valence-corrected chi connectivity index (χ3v) is 13.1.